The van der Waals surface area contributed by atoms with Crippen LogP contribution in [0.25, 0.3) is 11.2 Å². The smallest absolute Gasteiger partial charge is 0.156 e. The van der Waals surface area contributed by atoms with E-state index in [1.165, 1.54) is 0 Å². The molecule has 2 aromatic heterocycles. The standard InChI is InChI=1S/C14H21N3/c1-13(2,3)10-11(14(4,5)6)17-12-9(16-10)7-8-15-12/h7-8H,1-6H3,(H,15,17). The summed E-state index contributed by atoms with van der Waals surface area (Å²) in [5, 5.41) is 0. The van der Waals surface area contributed by atoms with Crippen LogP contribution in [0.5, 0.6) is 0 Å². The summed E-state index contributed by atoms with van der Waals surface area (Å²) in [7, 11) is 0. The first-order valence-electron chi connectivity index (χ1n) is 6.06. The molecule has 2 rings (SSSR count). The van der Waals surface area contributed by atoms with Crippen LogP contribution in [0.3, 0.4) is 0 Å². The summed E-state index contributed by atoms with van der Waals surface area (Å²) in [5.41, 5.74) is 4.03. The number of H-pyrrole nitrogens is 1. The summed E-state index contributed by atoms with van der Waals surface area (Å²) in [6.45, 7) is 13.1. The van der Waals surface area contributed by atoms with E-state index in [2.05, 4.69) is 46.5 Å². The van der Waals surface area contributed by atoms with Gasteiger partial charge in [-0.2, -0.15) is 0 Å². The van der Waals surface area contributed by atoms with Gasteiger partial charge in [-0.3, -0.25) is 0 Å². The zero-order valence-corrected chi connectivity index (χ0v) is 11.5. The van der Waals surface area contributed by atoms with Gasteiger partial charge in [-0.05, 0) is 6.07 Å². The van der Waals surface area contributed by atoms with Crippen LogP contribution >= 0.6 is 0 Å². The lowest BCUT2D eigenvalue weighted by molar-refractivity contribution is 0.502. The second-order valence-electron chi connectivity index (χ2n) is 6.63. The third-order valence-electron chi connectivity index (χ3n) is 2.80. The number of nitrogens with one attached hydrogen (secondary N) is 1. The normalized spacial score (nSPS) is 13.3. The van der Waals surface area contributed by atoms with Crippen molar-refractivity contribution >= 4 is 11.2 Å². The zero-order chi connectivity index (χ0) is 12.8. The summed E-state index contributed by atoms with van der Waals surface area (Å²) in [4.78, 5) is 12.7. The minimum Gasteiger partial charge on any atom is -0.345 e. The van der Waals surface area contributed by atoms with Gasteiger partial charge in [0.2, 0.25) is 0 Å². The predicted octanol–water partition coefficient (Wildman–Crippen LogP) is 3.55. The molecule has 0 aliphatic carbocycles. The van der Waals surface area contributed by atoms with Crippen molar-refractivity contribution in [1.29, 1.82) is 0 Å². The molecule has 0 aliphatic heterocycles. The van der Waals surface area contributed by atoms with Crippen LogP contribution in [0.2, 0.25) is 0 Å². The topological polar surface area (TPSA) is 41.6 Å². The lowest BCUT2D eigenvalue weighted by Crippen LogP contribution is -2.25. The molecule has 17 heavy (non-hydrogen) atoms. The van der Waals surface area contributed by atoms with E-state index in [9.17, 15) is 0 Å². The number of nitrogens with zero attached hydrogens (tertiary/aromatic N) is 2. The highest BCUT2D eigenvalue weighted by atomic mass is 14.9. The van der Waals surface area contributed by atoms with Crippen molar-refractivity contribution in [3.8, 4) is 0 Å². The van der Waals surface area contributed by atoms with Gasteiger partial charge >= 0.3 is 0 Å². The fourth-order valence-electron chi connectivity index (χ4n) is 1.92. The van der Waals surface area contributed by atoms with Crippen LogP contribution in [0.1, 0.15) is 52.9 Å². The number of aromatic amines is 1. The lowest BCUT2D eigenvalue weighted by Gasteiger charge is -2.27. The maximum atomic E-state index is 4.78. The summed E-state index contributed by atoms with van der Waals surface area (Å²) in [6, 6.07) is 1.98. The van der Waals surface area contributed by atoms with Crippen LogP contribution < -0.4 is 0 Å². The Balaban J connectivity index is 2.78. The third kappa shape index (κ3) is 2.19. The van der Waals surface area contributed by atoms with Gasteiger partial charge in [0.05, 0.1) is 11.4 Å². The number of fused-ring (bicyclic) bond motifs is 1. The maximum absolute atomic E-state index is 4.78. The van der Waals surface area contributed by atoms with Gasteiger partial charge in [-0.15, -0.1) is 0 Å². The van der Waals surface area contributed by atoms with Crippen molar-refractivity contribution in [2.45, 2.75) is 52.4 Å². The largest absolute Gasteiger partial charge is 0.345 e. The molecule has 0 spiro atoms. The monoisotopic (exact) mass is 231 g/mol. The molecule has 0 radical (unpaired) electrons. The second kappa shape index (κ2) is 3.56. The van der Waals surface area contributed by atoms with E-state index in [-0.39, 0.29) is 10.8 Å². The molecule has 0 aliphatic rings. The summed E-state index contributed by atoms with van der Waals surface area (Å²) < 4.78 is 0. The zero-order valence-electron chi connectivity index (χ0n) is 11.5. The molecule has 3 nitrogen and oxygen atoms in total. The van der Waals surface area contributed by atoms with Gasteiger partial charge in [0, 0.05) is 17.0 Å². The Labute approximate surface area is 103 Å². The Hall–Kier alpha value is -1.38. The molecule has 3 heteroatoms. The molecule has 0 bridgehead atoms. The molecule has 0 aromatic carbocycles. The maximum Gasteiger partial charge on any atom is 0.156 e. The van der Waals surface area contributed by atoms with Crippen LogP contribution in [-0.4, -0.2) is 15.0 Å². The first-order chi connectivity index (χ1) is 7.69. The molecule has 0 saturated carbocycles. The summed E-state index contributed by atoms with van der Waals surface area (Å²) >= 11 is 0. The molecular weight excluding hydrogens is 210 g/mol. The Morgan fingerprint density at radius 3 is 1.94 bits per heavy atom. The van der Waals surface area contributed by atoms with Gasteiger partial charge in [-0.1, -0.05) is 41.5 Å². The van der Waals surface area contributed by atoms with E-state index in [0.717, 1.165) is 22.6 Å². The summed E-state index contributed by atoms with van der Waals surface area (Å²) in [6.07, 6.45) is 1.89. The molecule has 0 amide bonds. The van der Waals surface area contributed by atoms with Gasteiger partial charge in [0.15, 0.2) is 5.65 Å². The number of hydrogen-bond acceptors (Lipinski definition) is 2. The summed E-state index contributed by atoms with van der Waals surface area (Å²) in [5.74, 6) is 0. The van der Waals surface area contributed by atoms with Crippen LogP contribution in [-0.2, 0) is 10.8 Å². The molecule has 0 atom stereocenters. The predicted molar refractivity (Wildman–Crippen MR) is 71.3 cm³/mol. The molecule has 2 aromatic rings. The first-order valence-corrected chi connectivity index (χ1v) is 6.06. The molecular formula is C14H21N3. The molecule has 1 N–H and O–H groups in total. The second-order valence-corrected chi connectivity index (χ2v) is 6.63. The quantitative estimate of drug-likeness (QED) is 0.753. The fourth-order valence-corrected chi connectivity index (χ4v) is 1.92. The number of rotatable bonds is 0. The number of aromatic nitrogens is 3. The highest BCUT2D eigenvalue weighted by molar-refractivity contribution is 5.71. The van der Waals surface area contributed by atoms with E-state index in [1.54, 1.807) is 0 Å². The first kappa shape index (κ1) is 12.1. The Bertz CT molecular complexity index is 491. The molecule has 0 unspecified atom stereocenters. The fraction of sp³-hybridized carbons (Fsp3) is 0.571. The highest BCUT2D eigenvalue weighted by Crippen LogP contribution is 2.32. The Kier molecular flexibility index (Phi) is 2.53. The van der Waals surface area contributed by atoms with Crippen molar-refractivity contribution in [1.82, 2.24) is 15.0 Å². The van der Waals surface area contributed by atoms with Crippen LogP contribution in [0, 0.1) is 0 Å². The van der Waals surface area contributed by atoms with Gasteiger partial charge in [-0.25, -0.2) is 9.97 Å². The Morgan fingerprint density at radius 1 is 0.882 bits per heavy atom. The van der Waals surface area contributed by atoms with E-state index >= 15 is 0 Å². The van der Waals surface area contributed by atoms with Crippen LogP contribution in [0.15, 0.2) is 12.3 Å². The minimum absolute atomic E-state index is 0.00884. The average molecular weight is 231 g/mol. The van der Waals surface area contributed by atoms with Gasteiger partial charge in [0.25, 0.3) is 0 Å². The van der Waals surface area contributed by atoms with E-state index < -0.39 is 0 Å². The molecule has 2 heterocycles. The Morgan fingerprint density at radius 2 is 1.41 bits per heavy atom. The van der Waals surface area contributed by atoms with Crippen molar-refractivity contribution in [3.05, 3.63) is 23.7 Å². The minimum atomic E-state index is 0.00884. The lowest BCUT2D eigenvalue weighted by atomic mass is 9.81. The SMILES string of the molecule is CC(C)(C)c1nc2cc[nH]c2nc1C(C)(C)C. The molecule has 0 fully saturated rings. The third-order valence-corrected chi connectivity index (χ3v) is 2.80. The van der Waals surface area contributed by atoms with Crippen LogP contribution in [0.4, 0.5) is 0 Å². The van der Waals surface area contributed by atoms with Crippen molar-refractivity contribution < 1.29 is 0 Å². The van der Waals surface area contributed by atoms with Gasteiger partial charge < -0.3 is 4.98 Å². The van der Waals surface area contributed by atoms with Gasteiger partial charge in [0.1, 0.15) is 5.52 Å². The van der Waals surface area contributed by atoms with Crippen molar-refractivity contribution in [2.75, 3.05) is 0 Å². The highest BCUT2D eigenvalue weighted by Gasteiger charge is 2.28. The van der Waals surface area contributed by atoms with E-state index in [1.807, 2.05) is 12.3 Å². The molecule has 92 valence electrons. The average Bonchev–Trinajstić information content (AvgIpc) is 2.59. The van der Waals surface area contributed by atoms with E-state index in [0.29, 0.717) is 0 Å². The number of hydrogen-bond donors (Lipinski definition) is 1. The van der Waals surface area contributed by atoms with Crippen molar-refractivity contribution in [3.63, 3.8) is 0 Å². The van der Waals surface area contributed by atoms with Crippen molar-refractivity contribution in [2.24, 2.45) is 0 Å². The van der Waals surface area contributed by atoms with E-state index in [4.69, 9.17) is 9.97 Å². The molecule has 0 saturated heterocycles.